The number of rotatable bonds is 5. The number of hydrogen-bond donors (Lipinski definition) is 2. The smallest absolute Gasteiger partial charge is 0.331 e. The zero-order chi connectivity index (χ0) is 19.5. The Morgan fingerprint density at radius 1 is 1.29 bits per heavy atom. The minimum Gasteiger partial charge on any atom is -0.467 e. The molecule has 0 spiro atoms. The van der Waals surface area contributed by atoms with Crippen molar-refractivity contribution in [1.82, 2.24) is 19.5 Å². The molecule has 3 heterocycles. The van der Waals surface area contributed by atoms with E-state index in [9.17, 15) is 9.90 Å². The van der Waals surface area contributed by atoms with Crippen LogP contribution in [0.3, 0.4) is 0 Å². The number of anilines is 1. The molecule has 0 unspecified atom stereocenters. The SMILES string of the molecule is Nc1ncnc2c1ncn2[C@@H]1OC(/C=C/C(=O)OCc2ccccc2)=C[C@H]1O. The van der Waals surface area contributed by atoms with Gasteiger partial charge in [-0.05, 0) is 17.7 Å². The van der Waals surface area contributed by atoms with E-state index in [-0.39, 0.29) is 12.4 Å². The molecule has 9 heteroatoms. The van der Waals surface area contributed by atoms with Gasteiger partial charge in [-0.3, -0.25) is 4.57 Å². The molecule has 0 radical (unpaired) electrons. The van der Waals surface area contributed by atoms with E-state index in [2.05, 4.69) is 15.0 Å². The largest absolute Gasteiger partial charge is 0.467 e. The van der Waals surface area contributed by atoms with Crippen molar-refractivity contribution in [2.24, 2.45) is 0 Å². The molecule has 0 amide bonds. The summed E-state index contributed by atoms with van der Waals surface area (Å²) in [5.41, 5.74) is 7.53. The van der Waals surface area contributed by atoms with Gasteiger partial charge in [0.2, 0.25) is 6.23 Å². The van der Waals surface area contributed by atoms with Gasteiger partial charge in [0.25, 0.3) is 0 Å². The Kier molecular flexibility index (Phi) is 4.73. The number of allylic oxidation sites excluding steroid dienone is 1. The summed E-state index contributed by atoms with van der Waals surface area (Å²) in [6.45, 7) is 0.178. The fourth-order valence-electron chi connectivity index (χ4n) is 2.80. The Bertz CT molecular complexity index is 1060. The van der Waals surface area contributed by atoms with Crippen LogP contribution in [0.25, 0.3) is 11.2 Å². The summed E-state index contributed by atoms with van der Waals surface area (Å²) in [4.78, 5) is 24.1. The van der Waals surface area contributed by atoms with Crippen molar-refractivity contribution in [3.8, 4) is 0 Å². The minimum absolute atomic E-state index is 0.178. The molecular formula is C19H17N5O4. The molecule has 2 atom stereocenters. The van der Waals surface area contributed by atoms with E-state index in [4.69, 9.17) is 15.2 Å². The van der Waals surface area contributed by atoms with Crippen LogP contribution in [-0.2, 0) is 20.9 Å². The molecule has 0 saturated heterocycles. The van der Waals surface area contributed by atoms with Gasteiger partial charge in [-0.15, -0.1) is 0 Å². The number of aliphatic hydroxyl groups is 1. The van der Waals surface area contributed by atoms with Crippen LogP contribution in [0.15, 0.2) is 67.0 Å². The quantitative estimate of drug-likeness (QED) is 0.504. The predicted molar refractivity (Wildman–Crippen MR) is 99.3 cm³/mol. The number of nitrogen functional groups attached to an aromatic ring is 1. The standard InChI is InChI=1S/C19H17N5O4/c20-17-16-18(22-10-21-17)24(11-23-16)19-14(25)8-13(28-19)6-7-15(26)27-9-12-4-2-1-3-5-12/h1-8,10-11,14,19,25H,9H2,(H2,20,21,22)/b7-6+/t14-,19-/m1/s1. The second kappa shape index (κ2) is 7.49. The number of imidazole rings is 1. The van der Waals surface area contributed by atoms with Crippen LogP contribution in [0.1, 0.15) is 11.8 Å². The Morgan fingerprint density at radius 2 is 2.11 bits per heavy atom. The maximum atomic E-state index is 11.9. The first-order valence-corrected chi connectivity index (χ1v) is 8.50. The van der Waals surface area contributed by atoms with Crippen LogP contribution in [-0.4, -0.2) is 36.7 Å². The van der Waals surface area contributed by atoms with Crippen LogP contribution < -0.4 is 5.73 Å². The van der Waals surface area contributed by atoms with Crippen LogP contribution in [0.2, 0.25) is 0 Å². The minimum atomic E-state index is -0.950. The van der Waals surface area contributed by atoms with E-state index in [0.29, 0.717) is 16.9 Å². The number of ether oxygens (including phenoxy) is 2. The molecule has 28 heavy (non-hydrogen) atoms. The Labute approximate surface area is 159 Å². The van der Waals surface area contributed by atoms with Crippen molar-refractivity contribution >= 4 is 23.0 Å². The number of carbonyl (C=O) groups is 1. The maximum Gasteiger partial charge on any atom is 0.331 e. The highest BCUT2D eigenvalue weighted by molar-refractivity contribution is 5.82. The number of aliphatic hydroxyl groups excluding tert-OH is 1. The van der Waals surface area contributed by atoms with Crippen molar-refractivity contribution in [2.75, 3.05) is 5.73 Å². The molecular weight excluding hydrogens is 362 g/mol. The van der Waals surface area contributed by atoms with Gasteiger partial charge in [-0.25, -0.2) is 19.7 Å². The van der Waals surface area contributed by atoms with E-state index < -0.39 is 18.3 Å². The number of fused-ring (bicyclic) bond motifs is 1. The van der Waals surface area contributed by atoms with Crippen molar-refractivity contribution < 1.29 is 19.4 Å². The average Bonchev–Trinajstić information content (AvgIpc) is 3.29. The molecule has 1 aliphatic heterocycles. The van der Waals surface area contributed by atoms with E-state index in [1.165, 1.54) is 30.9 Å². The molecule has 3 aromatic rings. The molecule has 0 fully saturated rings. The van der Waals surface area contributed by atoms with E-state index in [1.807, 2.05) is 30.3 Å². The Hall–Kier alpha value is -3.72. The summed E-state index contributed by atoms with van der Waals surface area (Å²) < 4.78 is 12.4. The highest BCUT2D eigenvalue weighted by Crippen LogP contribution is 2.30. The molecule has 2 aromatic heterocycles. The fraction of sp³-hybridized carbons (Fsp3) is 0.158. The van der Waals surface area contributed by atoms with Gasteiger partial charge in [-0.1, -0.05) is 30.3 Å². The first-order valence-electron chi connectivity index (χ1n) is 8.50. The van der Waals surface area contributed by atoms with Gasteiger partial charge in [0.05, 0.1) is 0 Å². The zero-order valence-electron chi connectivity index (χ0n) is 14.7. The number of carbonyl (C=O) groups excluding carboxylic acids is 1. The van der Waals surface area contributed by atoms with Crippen molar-refractivity contribution in [2.45, 2.75) is 18.9 Å². The van der Waals surface area contributed by atoms with Crippen molar-refractivity contribution in [3.05, 3.63) is 72.5 Å². The zero-order valence-corrected chi connectivity index (χ0v) is 14.7. The number of nitrogens with zero attached hydrogens (tertiary/aromatic N) is 4. The molecule has 9 nitrogen and oxygen atoms in total. The van der Waals surface area contributed by atoms with Gasteiger partial charge in [0.1, 0.15) is 36.6 Å². The lowest BCUT2D eigenvalue weighted by Gasteiger charge is -2.17. The summed E-state index contributed by atoms with van der Waals surface area (Å²) in [6.07, 6.45) is 5.23. The highest BCUT2D eigenvalue weighted by Gasteiger charge is 2.30. The molecule has 4 rings (SSSR count). The molecule has 3 N–H and O–H groups in total. The third-order valence-corrected chi connectivity index (χ3v) is 4.15. The second-order valence-corrected chi connectivity index (χ2v) is 6.08. The fourth-order valence-corrected chi connectivity index (χ4v) is 2.80. The molecule has 142 valence electrons. The number of esters is 1. The lowest BCUT2D eigenvalue weighted by Crippen LogP contribution is -2.19. The molecule has 0 aliphatic carbocycles. The Balaban J connectivity index is 1.40. The van der Waals surface area contributed by atoms with Crippen LogP contribution in [0.4, 0.5) is 5.82 Å². The summed E-state index contributed by atoms with van der Waals surface area (Å²) in [5, 5.41) is 10.3. The first-order chi connectivity index (χ1) is 13.6. The summed E-state index contributed by atoms with van der Waals surface area (Å²) >= 11 is 0. The second-order valence-electron chi connectivity index (χ2n) is 6.08. The molecule has 1 aliphatic rings. The first kappa shape index (κ1) is 17.7. The third kappa shape index (κ3) is 3.55. The summed E-state index contributed by atoms with van der Waals surface area (Å²) in [6, 6.07) is 9.37. The third-order valence-electron chi connectivity index (χ3n) is 4.15. The van der Waals surface area contributed by atoms with E-state index in [1.54, 1.807) is 4.57 Å². The Morgan fingerprint density at radius 3 is 2.93 bits per heavy atom. The van der Waals surface area contributed by atoms with Gasteiger partial charge >= 0.3 is 5.97 Å². The number of aromatic nitrogens is 4. The van der Waals surface area contributed by atoms with Gasteiger partial charge in [0.15, 0.2) is 11.5 Å². The molecule has 0 saturated carbocycles. The molecule has 0 bridgehead atoms. The van der Waals surface area contributed by atoms with Crippen LogP contribution in [0, 0.1) is 0 Å². The number of nitrogens with two attached hydrogens (primary N) is 1. The molecule has 1 aromatic carbocycles. The summed E-state index contributed by atoms with van der Waals surface area (Å²) in [7, 11) is 0. The monoisotopic (exact) mass is 379 g/mol. The van der Waals surface area contributed by atoms with Gasteiger partial charge in [-0.2, -0.15) is 0 Å². The lowest BCUT2D eigenvalue weighted by molar-refractivity contribution is -0.139. The maximum absolute atomic E-state index is 11.9. The predicted octanol–water partition coefficient (Wildman–Crippen LogP) is 1.48. The topological polar surface area (TPSA) is 125 Å². The highest BCUT2D eigenvalue weighted by atomic mass is 16.5. The normalized spacial score (nSPS) is 19.0. The lowest BCUT2D eigenvalue weighted by atomic mass is 10.2. The van der Waals surface area contributed by atoms with E-state index >= 15 is 0 Å². The number of hydrogen-bond acceptors (Lipinski definition) is 8. The van der Waals surface area contributed by atoms with E-state index in [0.717, 1.165) is 5.56 Å². The van der Waals surface area contributed by atoms with Crippen LogP contribution in [0.5, 0.6) is 0 Å². The van der Waals surface area contributed by atoms with Gasteiger partial charge < -0.3 is 20.3 Å². The van der Waals surface area contributed by atoms with Crippen molar-refractivity contribution in [1.29, 1.82) is 0 Å². The number of benzene rings is 1. The van der Waals surface area contributed by atoms with Gasteiger partial charge in [0, 0.05) is 6.08 Å². The summed E-state index contributed by atoms with van der Waals surface area (Å²) in [5.74, 6) is 0.0587. The van der Waals surface area contributed by atoms with Crippen molar-refractivity contribution in [3.63, 3.8) is 0 Å². The average molecular weight is 379 g/mol. The van der Waals surface area contributed by atoms with Crippen LogP contribution >= 0.6 is 0 Å².